The predicted molar refractivity (Wildman–Crippen MR) is 105 cm³/mol. The van der Waals surface area contributed by atoms with Gasteiger partial charge in [0.05, 0.1) is 17.2 Å². The summed E-state index contributed by atoms with van der Waals surface area (Å²) < 4.78 is 5.48. The average molecular weight is 416 g/mol. The number of non-ortho nitro benzene ring substituents is 1. The minimum Gasteiger partial charge on any atom is -0.493 e. The van der Waals surface area contributed by atoms with Crippen LogP contribution in [0.4, 0.5) is 16.2 Å². The second kappa shape index (κ2) is 8.11. The molecule has 0 radical (unpaired) electrons. The number of carbonyl (C=O) groups is 3. The number of rotatable bonds is 5. The van der Waals surface area contributed by atoms with Crippen LogP contribution in [0.5, 0.6) is 5.75 Å². The molecule has 0 atom stereocenters. The molecule has 1 heterocycles. The van der Waals surface area contributed by atoms with Crippen molar-refractivity contribution in [2.75, 3.05) is 11.5 Å². The number of imide groups is 2. The lowest BCUT2D eigenvalue weighted by atomic mass is 10.1. The zero-order chi connectivity index (χ0) is 21.1. The molecule has 1 saturated heterocycles. The van der Waals surface area contributed by atoms with Gasteiger partial charge in [0, 0.05) is 22.7 Å². The largest absolute Gasteiger partial charge is 0.493 e. The van der Waals surface area contributed by atoms with Gasteiger partial charge in [0.25, 0.3) is 17.5 Å². The van der Waals surface area contributed by atoms with Gasteiger partial charge in [-0.1, -0.05) is 17.7 Å². The Morgan fingerprint density at radius 1 is 1.21 bits per heavy atom. The van der Waals surface area contributed by atoms with E-state index in [1.807, 2.05) is 0 Å². The molecule has 1 N–H and O–H groups in total. The van der Waals surface area contributed by atoms with Crippen LogP contribution in [0.15, 0.2) is 48.0 Å². The van der Waals surface area contributed by atoms with E-state index in [4.69, 9.17) is 16.3 Å². The van der Waals surface area contributed by atoms with Crippen LogP contribution in [0.25, 0.3) is 6.08 Å². The lowest BCUT2D eigenvalue weighted by Crippen LogP contribution is -2.54. The van der Waals surface area contributed by atoms with Crippen molar-refractivity contribution in [2.45, 2.75) is 6.92 Å². The van der Waals surface area contributed by atoms with E-state index in [-0.39, 0.29) is 16.9 Å². The van der Waals surface area contributed by atoms with E-state index in [2.05, 4.69) is 5.32 Å². The van der Waals surface area contributed by atoms with Crippen molar-refractivity contribution in [3.63, 3.8) is 0 Å². The quantitative estimate of drug-likeness (QED) is 0.346. The first-order chi connectivity index (χ1) is 13.8. The fourth-order valence-electron chi connectivity index (χ4n) is 2.71. The van der Waals surface area contributed by atoms with Crippen LogP contribution < -0.4 is 15.0 Å². The van der Waals surface area contributed by atoms with Crippen LogP contribution in [-0.2, 0) is 9.59 Å². The summed E-state index contributed by atoms with van der Waals surface area (Å²) in [6.07, 6.45) is 1.26. The number of nitrogens with one attached hydrogen (secondary N) is 1. The van der Waals surface area contributed by atoms with Crippen LogP contribution in [0.1, 0.15) is 12.5 Å². The first-order valence-corrected chi connectivity index (χ1v) is 8.78. The number of anilines is 1. The molecular weight excluding hydrogens is 402 g/mol. The van der Waals surface area contributed by atoms with Gasteiger partial charge in [-0.25, -0.2) is 9.69 Å². The van der Waals surface area contributed by atoms with Gasteiger partial charge in [0.1, 0.15) is 11.3 Å². The highest BCUT2D eigenvalue weighted by Crippen LogP contribution is 2.29. The molecule has 3 rings (SSSR count). The standard InChI is InChI=1S/C19H14ClN3O6/c1-2-29-16-7-6-12(20)8-11(16)9-15-17(24)21-19(26)22(18(15)25)13-4-3-5-14(10-13)23(27)28/h3-10H,2H2,1H3,(H,21,24,26)/b15-9+. The Morgan fingerprint density at radius 2 is 1.97 bits per heavy atom. The second-order valence-corrected chi connectivity index (χ2v) is 6.29. The molecule has 0 aliphatic carbocycles. The molecule has 0 saturated carbocycles. The highest BCUT2D eigenvalue weighted by atomic mass is 35.5. The van der Waals surface area contributed by atoms with Crippen LogP contribution in [0.3, 0.4) is 0 Å². The summed E-state index contributed by atoms with van der Waals surface area (Å²) in [5, 5.41) is 13.4. The number of nitro groups is 1. The summed E-state index contributed by atoms with van der Waals surface area (Å²) in [6, 6.07) is 8.65. The normalized spacial score (nSPS) is 15.4. The Kier molecular flexibility index (Phi) is 5.60. The van der Waals surface area contributed by atoms with Crippen molar-refractivity contribution in [2.24, 2.45) is 0 Å². The lowest BCUT2D eigenvalue weighted by Gasteiger charge is -2.26. The number of urea groups is 1. The molecule has 0 spiro atoms. The topological polar surface area (TPSA) is 119 Å². The summed E-state index contributed by atoms with van der Waals surface area (Å²) in [7, 11) is 0. The summed E-state index contributed by atoms with van der Waals surface area (Å²) in [4.78, 5) is 48.5. The molecule has 0 aromatic heterocycles. The molecule has 10 heteroatoms. The average Bonchev–Trinajstić information content (AvgIpc) is 2.67. The number of carbonyl (C=O) groups excluding carboxylic acids is 3. The lowest BCUT2D eigenvalue weighted by molar-refractivity contribution is -0.384. The van der Waals surface area contributed by atoms with Gasteiger partial charge in [0.15, 0.2) is 0 Å². The summed E-state index contributed by atoms with van der Waals surface area (Å²) >= 11 is 6.00. The molecule has 4 amide bonds. The molecule has 1 aliphatic rings. The second-order valence-electron chi connectivity index (χ2n) is 5.85. The molecule has 148 valence electrons. The van der Waals surface area contributed by atoms with Crippen molar-refractivity contribution < 1.29 is 24.0 Å². The number of nitrogens with zero attached hydrogens (tertiary/aromatic N) is 2. The predicted octanol–water partition coefficient (Wildman–Crippen LogP) is 3.31. The molecule has 0 unspecified atom stereocenters. The van der Waals surface area contributed by atoms with E-state index in [9.17, 15) is 24.5 Å². The number of halogens is 1. The highest BCUT2D eigenvalue weighted by Gasteiger charge is 2.37. The third kappa shape index (κ3) is 4.09. The summed E-state index contributed by atoms with van der Waals surface area (Å²) in [5.74, 6) is -1.44. The molecule has 2 aromatic rings. The third-order valence-electron chi connectivity index (χ3n) is 3.97. The molecular formula is C19H14ClN3O6. The van der Waals surface area contributed by atoms with Gasteiger partial charge < -0.3 is 4.74 Å². The molecule has 9 nitrogen and oxygen atoms in total. The number of benzene rings is 2. The summed E-state index contributed by atoms with van der Waals surface area (Å²) in [5.41, 5.74) is -0.333. The van der Waals surface area contributed by atoms with Crippen LogP contribution in [0, 0.1) is 10.1 Å². The molecule has 1 aliphatic heterocycles. The molecule has 0 bridgehead atoms. The fourth-order valence-corrected chi connectivity index (χ4v) is 2.89. The Bertz CT molecular complexity index is 1070. The van der Waals surface area contributed by atoms with Crippen molar-refractivity contribution >= 4 is 46.9 Å². The zero-order valence-corrected chi connectivity index (χ0v) is 15.8. The number of barbiturate groups is 1. The number of amides is 4. The van der Waals surface area contributed by atoms with E-state index >= 15 is 0 Å². The Hall–Kier alpha value is -3.72. The number of hydrogen-bond donors (Lipinski definition) is 1. The maximum atomic E-state index is 12.9. The SMILES string of the molecule is CCOc1ccc(Cl)cc1/C=C1\C(=O)NC(=O)N(c2cccc([N+](=O)[O-])c2)C1=O. The van der Waals surface area contributed by atoms with Gasteiger partial charge >= 0.3 is 6.03 Å². The Labute approximate surface area is 169 Å². The van der Waals surface area contributed by atoms with Gasteiger partial charge in [0.2, 0.25) is 0 Å². The first kappa shape index (κ1) is 20.0. The van der Waals surface area contributed by atoms with Crippen LogP contribution >= 0.6 is 11.6 Å². The monoisotopic (exact) mass is 415 g/mol. The van der Waals surface area contributed by atoms with E-state index < -0.39 is 22.8 Å². The van der Waals surface area contributed by atoms with Gasteiger partial charge in [-0.15, -0.1) is 0 Å². The Morgan fingerprint density at radius 3 is 2.66 bits per heavy atom. The smallest absolute Gasteiger partial charge is 0.335 e. The molecule has 29 heavy (non-hydrogen) atoms. The zero-order valence-electron chi connectivity index (χ0n) is 15.0. The van der Waals surface area contributed by atoms with E-state index in [0.29, 0.717) is 27.8 Å². The van der Waals surface area contributed by atoms with Crippen molar-refractivity contribution in [1.82, 2.24) is 5.32 Å². The summed E-state index contributed by atoms with van der Waals surface area (Å²) in [6.45, 7) is 2.11. The fraction of sp³-hybridized carbons (Fsp3) is 0.105. The molecule has 1 fully saturated rings. The molecule has 2 aromatic carbocycles. The minimum atomic E-state index is -1.01. The first-order valence-electron chi connectivity index (χ1n) is 8.40. The van der Waals surface area contributed by atoms with Crippen molar-refractivity contribution in [1.29, 1.82) is 0 Å². The maximum absolute atomic E-state index is 12.9. The van der Waals surface area contributed by atoms with E-state index in [1.54, 1.807) is 19.1 Å². The van der Waals surface area contributed by atoms with Crippen molar-refractivity contribution in [3.8, 4) is 5.75 Å². The van der Waals surface area contributed by atoms with Gasteiger partial charge in [-0.2, -0.15) is 0 Å². The van der Waals surface area contributed by atoms with Crippen molar-refractivity contribution in [3.05, 3.63) is 68.7 Å². The number of nitro benzene ring substituents is 1. The van der Waals surface area contributed by atoms with Gasteiger partial charge in [-0.3, -0.25) is 25.0 Å². The maximum Gasteiger partial charge on any atom is 0.335 e. The van der Waals surface area contributed by atoms with E-state index in [0.717, 1.165) is 6.07 Å². The van der Waals surface area contributed by atoms with Gasteiger partial charge in [-0.05, 0) is 37.3 Å². The Balaban J connectivity index is 2.06. The number of ether oxygens (including phenoxy) is 1. The van der Waals surface area contributed by atoms with E-state index in [1.165, 1.54) is 30.3 Å². The minimum absolute atomic E-state index is 0.0452. The van der Waals surface area contributed by atoms with Crippen LogP contribution in [0.2, 0.25) is 5.02 Å². The van der Waals surface area contributed by atoms with Crippen LogP contribution in [-0.4, -0.2) is 29.4 Å². The highest BCUT2D eigenvalue weighted by molar-refractivity contribution is 6.39. The third-order valence-corrected chi connectivity index (χ3v) is 4.21. The number of hydrogen-bond acceptors (Lipinski definition) is 6.